The maximum atomic E-state index is 3.82. The normalized spacial score (nSPS) is 10.6. The van der Waals surface area contributed by atoms with Gasteiger partial charge in [-0.1, -0.05) is 81.5 Å². The van der Waals surface area contributed by atoms with Crippen LogP contribution in [0.5, 0.6) is 0 Å². The quantitative estimate of drug-likeness (QED) is 0.272. The second-order valence-corrected chi connectivity index (χ2v) is 10.7. The third kappa shape index (κ3) is 9.23. The number of fused-ring (bicyclic) bond motifs is 3. The molecule has 5 rings (SSSR count). The van der Waals surface area contributed by atoms with Gasteiger partial charge in [0.15, 0.2) is 0 Å². The van der Waals surface area contributed by atoms with Crippen molar-refractivity contribution in [3.8, 4) is 11.1 Å². The zero-order valence-electron chi connectivity index (χ0n) is 22.8. The van der Waals surface area contributed by atoms with E-state index < -0.39 is 0 Å². The first-order valence-electron chi connectivity index (χ1n) is 12.5. The zero-order chi connectivity index (χ0) is 26.1. The van der Waals surface area contributed by atoms with E-state index in [2.05, 4.69) is 117 Å². The summed E-state index contributed by atoms with van der Waals surface area (Å²) in [5.41, 5.74) is 12.1. The summed E-state index contributed by atoms with van der Waals surface area (Å²) in [5.74, 6) is 0. The number of benzene rings is 3. The summed E-state index contributed by atoms with van der Waals surface area (Å²) in [6.45, 7) is 16.6. The van der Waals surface area contributed by atoms with Gasteiger partial charge in [-0.25, -0.2) is 6.07 Å². The van der Waals surface area contributed by atoms with Crippen molar-refractivity contribution in [3.63, 3.8) is 0 Å². The van der Waals surface area contributed by atoms with E-state index in [4.69, 9.17) is 0 Å². The van der Waals surface area contributed by atoms with Crippen LogP contribution in [-0.2, 0) is 42.5 Å². The fourth-order valence-electron chi connectivity index (χ4n) is 4.09. The standard InChI is InChI=1S/C17H13.C11H17.C7H6.2ClH.Zr/c1-3-12-5-7-14-11-15-8-6-13(4-2)10-17(15)16(14)9-12;1-5-9-6-7-10(8-9)11(2,3)4;1-7-5-3-2-4-6-7;;;/h3-7,9-10H,1-2,11H2;6-8H,5H2,1-4H3;1-6H;2*1H;/q2*-1;;;;+2/p-2. The van der Waals surface area contributed by atoms with Gasteiger partial charge in [0.2, 0.25) is 0 Å². The Kier molecular flexibility index (Phi) is 14.3. The van der Waals surface area contributed by atoms with Crippen LogP contribution in [0.3, 0.4) is 0 Å². The molecule has 0 saturated heterocycles. The molecule has 0 aromatic heterocycles. The monoisotopic (exact) mass is 616 g/mol. The third-order valence-electron chi connectivity index (χ3n) is 6.37. The van der Waals surface area contributed by atoms with E-state index in [0.717, 1.165) is 18.4 Å². The summed E-state index contributed by atoms with van der Waals surface area (Å²) in [6, 6.07) is 31.2. The van der Waals surface area contributed by atoms with Crippen molar-refractivity contribution in [2.75, 3.05) is 0 Å². The SMILES string of the molecule is C=Cc1c[c-]c2c(c1)-c1cc(C=C)ccc1C2.CCc1cc(C(C)(C)C)c[cH-]1.[Cl-].[Cl-].[Zr+2]=[CH]c1ccccc1. The van der Waals surface area contributed by atoms with Gasteiger partial charge in [0, 0.05) is 0 Å². The molecule has 0 fully saturated rings. The molecule has 0 atom stereocenters. The Labute approximate surface area is 257 Å². The third-order valence-corrected chi connectivity index (χ3v) is 7.19. The first-order valence-corrected chi connectivity index (χ1v) is 13.9. The molecule has 0 amide bonds. The van der Waals surface area contributed by atoms with Crippen LogP contribution < -0.4 is 24.8 Å². The molecule has 4 aromatic carbocycles. The second kappa shape index (κ2) is 16.0. The van der Waals surface area contributed by atoms with Gasteiger partial charge in [0.05, 0.1) is 0 Å². The van der Waals surface area contributed by atoms with Crippen molar-refractivity contribution in [2.24, 2.45) is 0 Å². The van der Waals surface area contributed by atoms with Crippen molar-refractivity contribution >= 4 is 15.9 Å². The Morgan fingerprint density at radius 1 is 0.895 bits per heavy atom. The summed E-state index contributed by atoms with van der Waals surface area (Å²) in [4.78, 5) is 0. The number of rotatable bonds is 4. The van der Waals surface area contributed by atoms with E-state index in [1.165, 1.54) is 68.7 Å². The predicted molar refractivity (Wildman–Crippen MR) is 155 cm³/mol. The maximum absolute atomic E-state index is 3.82. The summed E-state index contributed by atoms with van der Waals surface area (Å²) in [6.07, 6.45) is 5.89. The molecule has 1 aliphatic rings. The van der Waals surface area contributed by atoms with Crippen LogP contribution in [0.25, 0.3) is 23.3 Å². The molecule has 0 heterocycles. The topological polar surface area (TPSA) is 0 Å². The van der Waals surface area contributed by atoms with E-state index in [-0.39, 0.29) is 24.8 Å². The molecule has 38 heavy (non-hydrogen) atoms. The van der Waals surface area contributed by atoms with Gasteiger partial charge in [-0.2, -0.15) is 47.0 Å². The fourth-order valence-corrected chi connectivity index (χ4v) is 4.57. The van der Waals surface area contributed by atoms with E-state index in [1.54, 1.807) is 0 Å². The van der Waals surface area contributed by atoms with Crippen molar-refractivity contribution < 1.29 is 49.0 Å². The van der Waals surface area contributed by atoms with E-state index in [1.807, 2.05) is 24.3 Å². The van der Waals surface area contributed by atoms with Crippen LogP contribution in [0.4, 0.5) is 0 Å². The van der Waals surface area contributed by atoms with E-state index >= 15 is 0 Å². The minimum absolute atomic E-state index is 0. The fraction of sp³-hybridized carbons (Fsp3) is 0.200. The Hall–Kier alpha value is -2.18. The van der Waals surface area contributed by atoms with Crippen LogP contribution in [0, 0.1) is 6.07 Å². The van der Waals surface area contributed by atoms with Crippen LogP contribution in [0.2, 0.25) is 0 Å². The van der Waals surface area contributed by atoms with Crippen LogP contribution in [0.1, 0.15) is 66.6 Å². The minimum atomic E-state index is 0. The Morgan fingerprint density at radius 2 is 1.55 bits per heavy atom. The second-order valence-electron chi connectivity index (χ2n) is 9.99. The molecule has 0 saturated carbocycles. The number of aryl methyl sites for hydroxylation is 1. The first-order chi connectivity index (χ1) is 17.3. The molecule has 0 radical (unpaired) electrons. The van der Waals surface area contributed by atoms with Gasteiger partial charge in [-0.3, -0.25) is 0 Å². The summed E-state index contributed by atoms with van der Waals surface area (Å²) in [7, 11) is 0. The molecular weight excluding hydrogens is 583 g/mol. The van der Waals surface area contributed by atoms with E-state index in [9.17, 15) is 0 Å². The van der Waals surface area contributed by atoms with Crippen molar-refractivity contribution in [2.45, 2.75) is 46.0 Å². The number of hydrogen-bond donors (Lipinski definition) is 0. The van der Waals surface area contributed by atoms with Crippen molar-refractivity contribution in [3.05, 3.63) is 137 Å². The van der Waals surface area contributed by atoms with Gasteiger partial charge in [-0.05, 0) is 12.0 Å². The zero-order valence-corrected chi connectivity index (χ0v) is 26.8. The molecule has 0 bridgehead atoms. The summed E-state index contributed by atoms with van der Waals surface area (Å²) < 4.78 is 2.17. The van der Waals surface area contributed by atoms with Gasteiger partial charge in [0.25, 0.3) is 0 Å². The Balaban J connectivity index is 0.000000300. The van der Waals surface area contributed by atoms with Gasteiger partial charge in [0.1, 0.15) is 0 Å². The Morgan fingerprint density at radius 3 is 2.05 bits per heavy atom. The molecule has 0 unspecified atom stereocenters. The molecule has 0 nitrogen and oxygen atoms in total. The molecule has 1 aliphatic carbocycles. The number of halogens is 2. The van der Waals surface area contributed by atoms with Gasteiger partial charge >= 0.3 is 63.8 Å². The average molecular weight is 619 g/mol. The van der Waals surface area contributed by atoms with Gasteiger partial charge in [-0.15, -0.1) is 23.8 Å². The molecule has 0 aliphatic heterocycles. The first kappa shape index (κ1) is 33.9. The molecule has 4 aromatic rings. The number of hydrogen-bond acceptors (Lipinski definition) is 0. The summed E-state index contributed by atoms with van der Waals surface area (Å²) in [5, 5.41) is 0. The van der Waals surface area contributed by atoms with Crippen molar-refractivity contribution in [1.29, 1.82) is 0 Å². The van der Waals surface area contributed by atoms with Crippen LogP contribution in [0.15, 0.2) is 92.0 Å². The molecule has 3 heteroatoms. The molecular formula is C35H36Cl2Zr-2. The molecule has 0 spiro atoms. The van der Waals surface area contributed by atoms with Crippen molar-refractivity contribution in [1.82, 2.24) is 0 Å². The van der Waals surface area contributed by atoms with Crippen LogP contribution >= 0.6 is 0 Å². The van der Waals surface area contributed by atoms with E-state index in [0.29, 0.717) is 5.41 Å². The predicted octanol–water partition coefficient (Wildman–Crippen LogP) is 3.00. The average Bonchev–Trinajstić information content (AvgIpc) is 3.54. The molecule has 0 N–H and O–H groups in total. The summed E-state index contributed by atoms with van der Waals surface area (Å²) >= 11 is 1.46. The van der Waals surface area contributed by atoms with Crippen LogP contribution in [-0.4, -0.2) is 3.71 Å². The van der Waals surface area contributed by atoms with Gasteiger partial charge < -0.3 is 24.8 Å². The Bertz CT molecular complexity index is 1270. The molecule has 196 valence electrons.